The average Bonchev–Trinajstić information content (AvgIpc) is 2.11. The third-order valence-electron chi connectivity index (χ3n) is 1.56. The SMILES string of the molecule is CC(Oc1c(Br)cccc1Br)C(=O)O. The van der Waals surface area contributed by atoms with Crippen LogP contribution in [0.4, 0.5) is 0 Å². The van der Waals surface area contributed by atoms with E-state index in [1.165, 1.54) is 6.92 Å². The fraction of sp³-hybridized carbons (Fsp3) is 0.222. The Morgan fingerprint density at radius 1 is 1.43 bits per heavy atom. The Bertz CT molecular complexity index is 332. The Kier molecular flexibility index (Phi) is 3.95. The first-order valence-electron chi connectivity index (χ1n) is 3.86. The van der Waals surface area contributed by atoms with Crippen LogP contribution in [-0.2, 0) is 4.79 Å². The van der Waals surface area contributed by atoms with Crippen LogP contribution in [0, 0.1) is 0 Å². The maximum absolute atomic E-state index is 10.6. The molecule has 0 amide bonds. The van der Waals surface area contributed by atoms with Gasteiger partial charge in [-0.15, -0.1) is 0 Å². The summed E-state index contributed by atoms with van der Waals surface area (Å²) in [7, 11) is 0. The van der Waals surface area contributed by atoms with Crippen molar-refractivity contribution >= 4 is 37.8 Å². The first-order valence-corrected chi connectivity index (χ1v) is 5.44. The molecule has 1 atom stereocenters. The molecule has 14 heavy (non-hydrogen) atoms. The number of carbonyl (C=O) groups is 1. The van der Waals surface area contributed by atoms with Gasteiger partial charge in [-0.05, 0) is 50.9 Å². The van der Waals surface area contributed by atoms with Gasteiger partial charge >= 0.3 is 5.97 Å². The molecule has 0 bridgehead atoms. The van der Waals surface area contributed by atoms with Crippen molar-refractivity contribution in [2.45, 2.75) is 13.0 Å². The molecule has 0 saturated carbocycles. The molecule has 1 aromatic rings. The van der Waals surface area contributed by atoms with Crippen molar-refractivity contribution in [2.75, 3.05) is 0 Å². The first kappa shape index (κ1) is 11.5. The summed E-state index contributed by atoms with van der Waals surface area (Å²) in [6.07, 6.45) is -0.870. The summed E-state index contributed by atoms with van der Waals surface area (Å²) >= 11 is 6.55. The number of carboxylic acids is 1. The van der Waals surface area contributed by atoms with Gasteiger partial charge in [-0.25, -0.2) is 4.79 Å². The van der Waals surface area contributed by atoms with E-state index in [9.17, 15) is 4.79 Å². The van der Waals surface area contributed by atoms with E-state index < -0.39 is 12.1 Å². The van der Waals surface area contributed by atoms with Gasteiger partial charge in [0.15, 0.2) is 6.10 Å². The molecular weight excluding hydrogens is 316 g/mol. The van der Waals surface area contributed by atoms with Gasteiger partial charge in [-0.1, -0.05) is 6.07 Å². The third-order valence-corrected chi connectivity index (χ3v) is 2.81. The lowest BCUT2D eigenvalue weighted by atomic mass is 10.3. The van der Waals surface area contributed by atoms with Crippen LogP contribution in [0.25, 0.3) is 0 Å². The third kappa shape index (κ3) is 2.72. The minimum Gasteiger partial charge on any atom is -0.479 e. The van der Waals surface area contributed by atoms with Gasteiger partial charge in [0.05, 0.1) is 8.95 Å². The lowest BCUT2D eigenvalue weighted by Crippen LogP contribution is -2.23. The number of para-hydroxylation sites is 1. The highest BCUT2D eigenvalue weighted by Crippen LogP contribution is 2.33. The maximum Gasteiger partial charge on any atom is 0.344 e. The second-order valence-corrected chi connectivity index (χ2v) is 4.36. The Balaban J connectivity index is 2.91. The molecule has 0 saturated heterocycles. The molecule has 1 unspecified atom stereocenters. The number of aliphatic carboxylic acids is 1. The molecule has 1 rings (SSSR count). The summed E-state index contributed by atoms with van der Waals surface area (Å²) in [4.78, 5) is 10.6. The van der Waals surface area contributed by atoms with E-state index in [1.54, 1.807) is 12.1 Å². The van der Waals surface area contributed by atoms with Crippen LogP contribution < -0.4 is 4.74 Å². The number of halogens is 2. The number of hydrogen-bond acceptors (Lipinski definition) is 2. The summed E-state index contributed by atoms with van der Waals surface area (Å²) in [5.41, 5.74) is 0. The summed E-state index contributed by atoms with van der Waals surface area (Å²) in [5.74, 6) is -0.491. The molecule has 1 N–H and O–H groups in total. The van der Waals surface area contributed by atoms with Gasteiger partial charge in [-0.2, -0.15) is 0 Å². The van der Waals surface area contributed by atoms with E-state index in [2.05, 4.69) is 31.9 Å². The van der Waals surface area contributed by atoms with E-state index in [-0.39, 0.29) is 0 Å². The summed E-state index contributed by atoms with van der Waals surface area (Å²) in [5, 5.41) is 8.67. The average molecular weight is 324 g/mol. The molecule has 3 nitrogen and oxygen atoms in total. The van der Waals surface area contributed by atoms with Gasteiger partial charge in [0.25, 0.3) is 0 Å². The number of carboxylic acid groups (broad SMARTS) is 1. The predicted molar refractivity (Wildman–Crippen MR) is 59.6 cm³/mol. The Morgan fingerprint density at radius 3 is 2.36 bits per heavy atom. The standard InChI is InChI=1S/C9H8Br2O3/c1-5(9(12)13)14-8-6(10)3-2-4-7(8)11/h2-5H,1H3,(H,12,13). The van der Waals surface area contributed by atoms with Crippen LogP contribution in [0.3, 0.4) is 0 Å². The summed E-state index contributed by atoms with van der Waals surface area (Å²) in [6.45, 7) is 1.48. The lowest BCUT2D eigenvalue weighted by Gasteiger charge is -2.13. The molecule has 0 radical (unpaired) electrons. The normalized spacial score (nSPS) is 12.2. The molecule has 76 valence electrons. The van der Waals surface area contributed by atoms with Crippen LogP contribution in [0.15, 0.2) is 27.1 Å². The molecule has 0 aliphatic heterocycles. The van der Waals surface area contributed by atoms with Gasteiger partial charge < -0.3 is 9.84 Å². The number of hydrogen-bond donors (Lipinski definition) is 1. The minimum atomic E-state index is -0.993. The molecular formula is C9H8Br2O3. The molecule has 0 aliphatic carbocycles. The van der Waals surface area contributed by atoms with Crippen LogP contribution in [0.5, 0.6) is 5.75 Å². The van der Waals surface area contributed by atoms with Crippen molar-refractivity contribution < 1.29 is 14.6 Å². The maximum atomic E-state index is 10.6. The van der Waals surface area contributed by atoms with Crippen molar-refractivity contribution in [2.24, 2.45) is 0 Å². The Morgan fingerprint density at radius 2 is 1.93 bits per heavy atom. The second kappa shape index (κ2) is 4.79. The van der Waals surface area contributed by atoms with Gasteiger partial charge in [0.1, 0.15) is 5.75 Å². The molecule has 0 fully saturated rings. The highest BCUT2D eigenvalue weighted by atomic mass is 79.9. The number of rotatable bonds is 3. The van der Waals surface area contributed by atoms with Crippen LogP contribution in [0.2, 0.25) is 0 Å². The summed E-state index contributed by atoms with van der Waals surface area (Å²) < 4.78 is 6.69. The predicted octanol–water partition coefficient (Wildman–Crippen LogP) is 3.06. The molecule has 0 heterocycles. The monoisotopic (exact) mass is 322 g/mol. The number of ether oxygens (including phenoxy) is 1. The van der Waals surface area contributed by atoms with E-state index in [4.69, 9.17) is 9.84 Å². The van der Waals surface area contributed by atoms with Crippen molar-refractivity contribution in [1.82, 2.24) is 0 Å². The van der Waals surface area contributed by atoms with E-state index >= 15 is 0 Å². The Hall–Kier alpha value is -0.550. The smallest absolute Gasteiger partial charge is 0.344 e. The van der Waals surface area contributed by atoms with Crippen LogP contribution in [0.1, 0.15) is 6.92 Å². The Labute approximate surface area is 98.3 Å². The second-order valence-electron chi connectivity index (χ2n) is 2.65. The largest absolute Gasteiger partial charge is 0.479 e. The van der Waals surface area contributed by atoms with Crippen molar-refractivity contribution in [3.63, 3.8) is 0 Å². The topological polar surface area (TPSA) is 46.5 Å². The zero-order chi connectivity index (χ0) is 10.7. The fourth-order valence-corrected chi connectivity index (χ4v) is 2.01. The molecule has 0 spiro atoms. The molecule has 5 heteroatoms. The fourth-order valence-electron chi connectivity index (χ4n) is 0.822. The van der Waals surface area contributed by atoms with Crippen LogP contribution in [-0.4, -0.2) is 17.2 Å². The molecule has 0 aliphatic rings. The minimum absolute atomic E-state index is 0.502. The van der Waals surface area contributed by atoms with E-state index in [0.29, 0.717) is 5.75 Å². The highest BCUT2D eigenvalue weighted by Gasteiger charge is 2.15. The zero-order valence-corrected chi connectivity index (χ0v) is 10.5. The van der Waals surface area contributed by atoms with Gasteiger partial charge in [0, 0.05) is 0 Å². The van der Waals surface area contributed by atoms with Crippen molar-refractivity contribution in [1.29, 1.82) is 0 Å². The number of benzene rings is 1. The lowest BCUT2D eigenvalue weighted by molar-refractivity contribution is -0.144. The van der Waals surface area contributed by atoms with Crippen molar-refractivity contribution in [3.05, 3.63) is 27.1 Å². The highest BCUT2D eigenvalue weighted by molar-refractivity contribution is 9.11. The van der Waals surface area contributed by atoms with E-state index in [1.807, 2.05) is 6.07 Å². The zero-order valence-electron chi connectivity index (χ0n) is 7.33. The van der Waals surface area contributed by atoms with Gasteiger partial charge in [0.2, 0.25) is 0 Å². The molecule has 0 aromatic heterocycles. The van der Waals surface area contributed by atoms with E-state index in [0.717, 1.165) is 8.95 Å². The quantitative estimate of drug-likeness (QED) is 0.930. The first-order chi connectivity index (χ1) is 6.52. The van der Waals surface area contributed by atoms with Crippen LogP contribution >= 0.6 is 31.9 Å². The molecule has 1 aromatic carbocycles. The van der Waals surface area contributed by atoms with Crippen molar-refractivity contribution in [3.8, 4) is 5.75 Å². The van der Waals surface area contributed by atoms with Gasteiger partial charge in [-0.3, -0.25) is 0 Å². The summed E-state index contributed by atoms with van der Waals surface area (Å²) in [6, 6.07) is 5.40.